The fraction of sp³-hybridized carbons (Fsp3) is 0.0625. The quantitative estimate of drug-likeness (QED) is 0.660. The number of carbonyl (C=O) groups is 1. The number of rotatable bonds is 4. The standard InChI is InChI=1S/C16H12ClFN2O3/c1-23-9-5-13(19-8-2-3-12(18)11(17)4-8)10-7-15(16(21)22)20-14(10)6-9/h2-7,19-20H,1H3,(H,21,22). The van der Waals surface area contributed by atoms with Gasteiger partial charge in [-0.25, -0.2) is 9.18 Å². The average molecular weight is 335 g/mol. The molecule has 0 saturated carbocycles. The lowest BCUT2D eigenvalue weighted by atomic mass is 10.2. The Morgan fingerprint density at radius 2 is 2.09 bits per heavy atom. The van der Waals surface area contributed by atoms with Crippen molar-refractivity contribution in [2.45, 2.75) is 0 Å². The first kappa shape index (κ1) is 15.2. The zero-order valence-electron chi connectivity index (χ0n) is 12.0. The number of ether oxygens (including phenoxy) is 1. The number of benzene rings is 2. The number of fused-ring (bicyclic) bond motifs is 1. The van der Waals surface area contributed by atoms with E-state index in [-0.39, 0.29) is 10.7 Å². The molecule has 23 heavy (non-hydrogen) atoms. The second-order valence-electron chi connectivity index (χ2n) is 4.88. The highest BCUT2D eigenvalue weighted by atomic mass is 35.5. The van der Waals surface area contributed by atoms with Gasteiger partial charge in [-0.2, -0.15) is 0 Å². The van der Waals surface area contributed by atoms with Crippen molar-refractivity contribution in [3.05, 3.63) is 52.9 Å². The van der Waals surface area contributed by atoms with Crippen LogP contribution in [0.25, 0.3) is 10.9 Å². The van der Waals surface area contributed by atoms with E-state index >= 15 is 0 Å². The summed E-state index contributed by atoms with van der Waals surface area (Å²) in [5.41, 5.74) is 1.86. The van der Waals surface area contributed by atoms with E-state index < -0.39 is 11.8 Å². The summed E-state index contributed by atoms with van der Waals surface area (Å²) in [7, 11) is 1.51. The van der Waals surface area contributed by atoms with E-state index in [1.54, 1.807) is 12.1 Å². The van der Waals surface area contributed by atoms with Crippen LogP contribution in [-0.2, 0) is 0 Å². The third kappa shape index (κ3) is 2.93. The van der Waals surface area contributed by atoms with Crippen LogP contribution >= 0.6 is 11.6 Å². The van der Waals surface area contributed by atoms with Gasteiger partial charge in [0, 0.05) is 23.2 Å². The lowest BCUT2D eigenvalue weighted by Crippen LogP contribution is -1.94. The summed E-state index contributed by atoms with van der Waals surface area (Å²) in [6.07, 6.45) is 0. The number of aromatic carboxylic acids is 1. The molecule has 0 saturated heterocycles. The van der Waals surface area contributed by atoms with Gasteiger partial charge in [0.15, 0.2) is 0 Å². The minimum absolute atomic E-state index is 0.00515. The van der Waals surface area contributed by atoms with E-state index in [0.29, 0.717) is 28.0 Å². The lowest BCUT2D eigenvalue weighted by Gasteiger charge is -2.10. The van der Waals surface area contributed by atoms with Gasteiger partial charge in [0.05, 0.1) is 23.3 Å². The molecule has 3 aromatic rings. The number of anilines is 2. The molecule has 1 heterocycles. The first-order valence-electron chi connectivity index (χ1n) is 6.64. The van der Waals surface area contributed by atoms with Gasteiger partial charge in [-0.15, -0.1) is 0 Å². The largest absolute Gasteiger partial charge is 0.497 e. The van der Waals surface area contributed by atoms with Crippen molar-refractivity contribution < 1.29 is 19.0 Å². The van der Waals surface area contributed by atoms with E-state index in [2.05, 4.69) is 10.3 Å². The Balaban J connectivity index is 2.10. The number of hydrogen-bond donors (Lipinski definition) is 3. The average Bonchev–Trinajstić information content (AvgIpc) is 2.95. The van der Waals surface area contributed by atoms with Crippen LogP contribution in [0.3, 0.4) is 0 Å². The Kier molecular flexibility index (Phi) is 3.83. The van der Waals surface area contributed by atoms with Crippen molar-refractivity contribution in [2.24, 2.45) is 0 Å². The van der Waals surface area contributed by atoms with Gasteiger partial charge in [-0.1, -0.05) is 11.6 Å². The van der Waals surface area contributed by atoms with Crippen molar-refractivity contribution in [1.82, 2.24) is 4.98 Å². The van der Waals surface area contributed by atoms with Gasteiger partial charge in [-0.3, -0.25) is 0 Å². The molecular formula is C16H12ClFN2O3. The van der Waals surface area contributed by atoms with Gasteiger partial charge >= 0.3 is 5.97 Å². The molecule has 0 spiro atoms. The monoisotopic (exact) mass is 334 g/mol. The van der Waals surface area contributed by atoms with Crippen molar-refractivity contribution in [3.63, 3.8) is 0 Å². The highest BCUT2D eigenvalue weighted by molar-refractivity contribution is 6.31. The van der Waals surface area contributed by atoms with Crippen molar-refractivity contribution in [3.8, 4) is 5.75 Å². The summed E-state index contributed by atoms with van der Waals surface area (Å²) < 4.78 is 18.5. The molecule has 2 aromatic carbocycles. The minimum Gasteiger partial charge on any atom is -0.497 e. The van der Waals surface area contributed by atoms with Gasteiger partial charge < -0.3 is 20.1 Å². The third-order valence-corrected chi connectivity index (χ3v) is 3.67. The molecule has 0 radical (unpaired) electrons. The minimum atomic E-state index is -1.06. The van der Waals surface area contributed by atoms with Crippen molar-refractivity contribution in [2.75, 3.05) is 12.4 Å². The second kappa shape index (κ2) is 5.81. The summed E-state index contributed by atoms with van der Waals surface area (Å²) in [5.74, 6) is -1.02. The maximum absolute atomic E-state index is 13.3. The zero-order valence-corrected chi connectivity index (χ0v) is 12.7. The molecule has 1 aromatic heterocycles. The summed E-state index contributed by atoms with van der Waals surface area (Å²) in [5, 5.41) is 12.9. The number of carboxylic acids is 1. The van der Waals surface area contributed by atoms with Crippen LogP contribution in [0.4, 0.5) is 15.8 Å². The van der Waals surface area contributed by atoms with Crippen LogP contribution in [0.5, 0.6) is 5.75 Å². The number of halogens is 2. The summed E-state index contributed by atoms with van der Waals surface area (Å²) >= 11 is 5.78. The predicted octanol–water partition coefficient (Wildman–Crippen LogP) is 4.41. The summed E-state index contributed by atoms with van der Waals surface area (Å²) in [6, 6.07) is 9.18. The SMILES string of the molecule is COc1cc(Nc2ccc(F)c(Cl)c2)c2cc(C(=O)O)[nH]c2c1. The third-order valence-electron chi connectivity index (χ3n) is 3.38. The number of methoxy groups -OCH3 is 1. The molecule has 0 atom stereocenters. The van der Waals surface area contributed by atoms with Crippen LogP contribution in [0.15, 0.2) is 36.4 Å². The lowest BCUT2D eigenvalue weighted by molar-refractivity contribution is 0.0691. The van der Waals surface area contributed by atoms with E-state index in [1.165, 1.54) is 31.4 Å². The van der Waals surface area contributed by atoms with E-state index in [4.69, 9.17) is 21.4 Å². The molecule has 0 amide bonds. The number of hydrogen-bond acceptors (Lipinski definition) is 3. The maximum atomic E-state index is 13.3. The topological polar surface area (TPSA) is 74.3 Å². The maximum Gasteiger partial charge on any atom is 0.352 e. The van der Waals surface area contributed by atoms with Crippen LogP contribution in [0.1, 0.15) is 10.5 Å². The van der Waals surface area contributed by atoms with Crippen LogP contribution in [0.2, 0.25) is 5.02 Å². The molecule has 0 fully saturated rings. The van der Waals surface area contributed by atoms with E-state index in [9.17, 15) is 9.18 Å². The number of nitrogens with one attached hydrogen (secondary N) is 2. The Hall–Kier alpha value is -2.73. The molecule has 5 nitrogen and oxygen atoms in total. The Labute approximate surface area is 135 Å². The first-order chi connectivity index (χ1) is 11.0. The highest BCUT2D eigenvalue weighted by Gasteiger charge is 2.13. The molecule has 0 aliphatic heterocycles. The fourth-order valence-electron chi connectivity index (χ4n) is 2.28. The van der Waals surface area contributed by atoms with Crippen LogP contribution in [-0.4, -0.2) is 23.2 Å². The molecule has 7 heteroatoms. The molecule has 3 rings (SSSR count). The number of H-pyrrole nitrogens is 1. The van der Waals surface area contributed by atoms with E-state index in [0.717, 1.165) is 0 Å². The van der Waals surface area contributed by atoms with Crippen molar-refractivity contribution in [1.29, 1.82) is 0 Å². The van der Waals surface area contributed by atoms with Crippen LogP contribution in [0, 0.1) is 5.82 Å². The number of aromatic nitrogens is 1. The molecular weight excluding hydrogens is 323 g/mol. The van der Waals surface area contributed by atoms with Gasteiger partial charge in [0.1, 0.15) is 17.3 Å². The molecule has 0 bridgehead atoms. The van der Waals surface area contributed by atoms with Crippen molar-refractivity contribution >= 4 is 39.8 Å². The summed E-state index contributed by atoms with van der Waals surface area (Å²) in [4.78, 5) is 13.9. The zero-order chi connectivity index (χ0) is 16.6. The normalized spacial score (nSPS) is 10.7. The second-order valence-corrected chi connectivity index (χ2v) is 5.29. The molecule has 0 aliphatic carbocycles. The smallest absolute Gasteiger partial charge is 0.352 e. The Morgan fingerprint density at radius 1 is 1.30 bits per heavy atom. The number of aromatic amines is 1. The predicted molar refractivity (Wildman–Crippen MR) is 86.5 cm³/mol. The Bertz CT molecular complexity index is 908. The molecule has 3 N–H and O–H groups in total. The van der Waals surface area contributed by atoms with E-state index in [1.807, 2.05) is 0 Å². The molecule has 0 aliphatic rings. The molecule has 0 unspecified atom stereocenters. The van der Waals surface area contributed by atoms with Crippen LogP contribution < -0.4 is 10.1 Å². The number of carboxylic acid groups (broad SMARTS) is 1. The first-order valence-corrected chi connectivity index (χ1v) is 7.02. The van der Waals surface area contributed by atoms with Gasteiger partial charge in [-0.05, 0) is 24.3 Å². The van der Waals surface area contributed by atoms with Gasteiger partial charge in [0.25, 0.3) is 0 Å². The van der Waals surface area contributed by atoms with Gasteiger partial charge in [0.2, 0.25) is 0 Å². The fourth-order valence-corrected chi connectivity index (χ4v) is 2.46. The Morgan fingerprint density at radius 3 is 2.74 bits per heavy atom. The highest BCUT2D eigenvalue weighted by Crippen LogP contribution is 2.33. The summed E-state index contributed by atoms with van der Waals surface area (Å²) in [6.45, 7) is 0. The molecule has 118 valence electrons.